The van der Waals surface area contributed by atoms with E-state index in [1.807, 2.05) is 42.6 Å². The minimum Gasteiger partial charge on any atom is -0.481 e. The van der Waals surface area contributed by atoms with E-state index in [9.17, 15) is 0 Å². The number of aromatic nitrogens is 2. The molecule has 3 rings (SSSR count). The Morgan fingerprint density at radius 3 is 2.92 bits per heavy atom. The van der Waals surface area contributed by atoms with E-state index in [1.165, 1.54) is 0 Å². The number of anilines is 2. The quantitative estimate of drug-likeness (QED) is 0.540. The number of para-hydroxylation sites is 1. The Labute approximate surface area is 140 Å². The molecule has 1 heterocycles. The Morgan fingerprint density at radius 1 is 1.21 bits per heavy atom. The van der Waals surface area contributed by atoms with Gasteiger partial charge in [-0.2, -0.15) is 0 Å². The van der Waals surface area contributed by atoms with Crippen LogP contribution in [0.4, 0.5) is 11.6 Å². The molecule has 5 heteroatoms. The third-order valence-electron chi connectivity index (χ3n) is 3.61. The number of nitrogen functional groups attached to an aromatic ring is 1. The van der Waals surface area contributed by atoms with E-state index in [1.54, 1.807) is 6.07 Å². The minimum atomic E-state index is 0.236. The first kappa shape index (κ1) is 15.6. The van der Waals surface area contributed by atoms with Crippen molar-refractivity contribution in [1.82, 2.24) is 9.97 Å². The monoisotopic (exact) mass is 318 g/mol. The van der Waals surface area contributed by atoms with E-state index in [2.05, 4.69) is 21.2 Å². The summed E-state index contributed by atoms with van der Waals surface area (Å²) < 4.78 is 5.35. The van der Waals surface area contributed by atoms with Gasteiger partial charge in [0.05, 0.1) is 5.52 Å². The first-order valence-corrected chi connectivity index (χ1v) is 7.66. The second kappa shape index (κ2) is 7.34. The Kier molecular flexibility index (Phi) is 4.78. The van der Waals surface area contributed by atoms with Crippen molar-refractivity contribution >= 4 is 22.5 Å². The van der Waals surface area contributed by atoms with Crippen LogP contribution in [0.2, 0.25) is 0 Å². The van der Waals surface area contributed by atoms with E-state index < -0.39 is 0 Å². The number of fused-ring (bicyclic) bond motifs is 1. The maximum absolute atomic E-state index is 6.06. The number of ether oxygens (including phenoxy) is 1. The van der Waals surface area contributed by atoms with Crippen molar-refractivity contribution < 1.29 is 4.74 Å². The molecule has 0 radical (unpaired) electrons. The number of rotatable bonds is 6. The zero-order valence-corrected chi connectivity index (χ0v) is 13.2. The van der Waals surface area contributed by atoms with Crippen molar-refractivity contribution in [3.05, 3.63) is 54.2 Å². The number of terminal acetylenes is 1. The SMILES string of the molecule is C#CCOc1ccc(CCNc2ncc3ccccc3n2)c(N)c1. The fourth-order valence-electron chi connectivity index (χ4n) is 2.38. The van der Waals surface area contributed by atoms with Gasteiger partial charge in [0, 0.05) is 29.9 Å². The standard InChI is InChI=1S/C19H18N4O/c1-2-11-24-16-8-7-14(17(20)12-16)9-10-21-19-22-13-15-5-3-4-6-18(15)23-19/h1,3-8,12-13H,9-11,20H2,(H,21,22,23). The third-order valence-corrected chi connectivity index (χ3v) is 3.61. The van der Waals surface area contributed by atoms with Gasteiger partial charge in [-0.15, -0.1) is 6.42 Å². The van der Waals surface area contributed by atoms with Crippen molar-refractivity contribution in [2.24, 2.45) is 0 Å². The van der Waals surface area contributed by atoms with Crippen LogP contribution in [0.15, 0.2) is 48.7 Å². The predicted octanol–water partition coefficient (Wildman–Crippen LogP) is 2.88. The largest absolute Gasteiger partial charge is 0.481 e. The maximum atomic E-state index is 6.06. The van der Waals surface area contributed by atoms with Gasteiger partial charge < -0.3 is 15.8 Å². The van der Waals surface area contributed by atoms with E-state index in [0.717, 1.165) is 22.9 Å². The van der Waals surface area contributed by atoms with Crippen LogP contribution in [0.1, 0.15) is 5.56 Å². The summed E-state index contributed by atoms with van der Waals surface area (Å²) in [4.78, 5) is 8.80. The topological polar surface area (TPSA) is 73.1 Å². The third kappa shape index (κ3) is 3.73. The Balaban J connectivity index is 1.60. The van der Waals surface area contributed by atoms with Crippen LogP contribution in [0, 0.1) is 12.3 Å². The van der Waals surface area contributed by atoms with Gasteiger partial charge in [-0.05, 0) is 24.1 Å². The second-order valence-electron chi connectivity index (χ2n) is 5.28. The molecule has 0 aliphatic carbocycles. The highest BCUT2D eigenvalue weighted by Crippen LogP contribution is 2.20. The van der Waals surface area contributed by atoms with Gasteiger partial charge in [-0.1, -0.05) is 30.2 Å². The average Bonchev–Trinajstić information content (AvgIpc) is 2.61. The average molecular weight is 318 g/mol. The van der Waals surface area contributed by atoms with Gasteiger partial charge in [-0.25, -0.2) is 9.97 Å². The lowest BCUT2D eigenvalue weighted by Crippen LogP contribution is -2.09. The Morgan fingerprint density at radius 2 is 2.08 bits per heavy atom. The molecule has 0 aliphatic heterocycles. The smallest absolute Gasteiger partial charge is 0.223 e. The number of hydrogen-bond acceptors (Lipinski definition) is 5. The van der Waals surface area contributed by atoms with Gasteiger partial charge in [0.2, 0.25) is 5.95 Å². The lowest BCUT2D eigenvalue weighted by molar-refractivity contribution is 0.370. The van der Waals surface area contributed by atoms with Crippen LogP contribution in [0.25, 0.3) is 10.9 Å². The molecule has 3 N–H and O–H groups in total. The molecule has 24 heavy (non-hydrogen) atoms. The minimum absolute atomic E-state index is 0.236. The second-order valence-corrected chi connectivity index (χ2v) is 5.28. The summed E-state index contributed by atoms with van der Waals surface area (Å²) in [5, 5.41) is 4.25. The molecule has 0 unspecified atom stereocenters. The summed E-state index contributed by atoms with van der Waals surface area (Å²) in [5.74, 6) is 3.72. The van der Waals surface area contributed by atoms with Gasteiger partial charge >= 0.3 is 0 Å². The predicted molar refractivity (Wildman–Crippen MR) is 96.9 cm³/mol. The summed E-state index contributed by atoms with van der Waals surface area (Å²) >= 11 is 0. The first-order valence-electron chi connectivity index (χ1n) is 7.66. The van der Waals surface area contributed by atoms with Crippen molar-refractivity contribution in [2.75, 3.05) is 24.2 Å². The molecule has 0 bridgehead atoms. The molecule has 0 saturated carbocycles. The first-order chi connectivity index (χ1) is 11.8. The van der Waals surface area contributed by atoms with Gasteiger partial charge in [-0.3, -0.25) is 0 Å². The van der Waals surface area contributed by atoms with Crippen molar-refractivity contribution in [3.63, 3.8) is 0 Å². The van der Waals surface area contributed by atoms with Crippen LogP contribution < -0.4 is 15.8 Å². The highest BCUT2D eigenvalue weighted by atomic mass is 16.5. The molecule has 0 fully saturated rings. The van der Waals surface area contributed by atoms with Crippen LogP contribution >= 0.6 is 0 Å². The van der Waals surface area contributed by atoms with Crippen molar-refractivity contribution in [3.8, 4) is 18.1 Å². The van der Waals surface area contributed by atoms with Gasteiger partial charge in [0.25, 0.3) is 0 Å². The molecule has 5 nitrogen and oxygen atoms in total. The van der Waals surface area contributed by atoms with E-state index in [0.29, 0.717) is 23.9 Å². The lowest BCUT2D eigenvalue weighted by Gasteiger charge is -2.10. The number of benzene rings is 2. The molecule has 0 saturated heterocycles. The molecule has 0 aliphatic rings. The van der Waals surface area contributed by atoms with Crippen LogP contribution in [0.3, 0.4) is 0 Å². The summed E-state index contributed by atoms with van der Waals surface area (Å²) in [5.41, 5.74) is 8.70. The molecule has 0 atom stereocenters. The molecule has 3 aromatic rings. The number of nitrogens with two attached hydrogens (primary N) is 1. The molecule has 120 valence electrons. The molecule has 0 amide bonds. The summed E-state index contributed by atoms with van der Waals surface area (Å²) in [6.07, 6.45) is 7.75. The fraction of sp³-hybridized carbons (Fsp3) is 0.158. The molecular formula is C19H18N4O. The zero-order chi connectivity index (χ0) is 16.8. The highest BCUT2D eigenvalue weighted by Gasteiger charge is 2.03. The maximum Gasteiger partial charge on any atom is 0.223 e. The van der Waals surface area contributed by atoms with Crippen molar-refractivity contribution in [1.29, 1.82) is 0 Å². The van der Waals surface area contributed by atoms with Gasteiger partial charge in [0.1, 0.15) is 12.4 Å². The normalized spacial score (nSPS) is 10.3. The summed E-state index contributed by atoms with van der Waals surface area (Å²) in [7, 11) is 0. The number of hydrogen-bond donors (Lipinski definition) is 2. The number of nitrogens with zero attached hydrogens (tertiary/aromatic N) is 2. The fourth-order valence-corrected chi connectivity index (χ4v) is 2.38. The van der Waals surface area contributed by atoms with Crippen molar-refractivity contribution in [2.45, 2.75) is 6.42 Å². The molecule has 1 aromatic heterocycles. The molecule has 2 aromatic carbocycles. The summed E-state index contributed by atoms with van der Waals surface area (Å²) in [6, 6.07) is 13.5. The molecular weight excluding hydrogens is 300 g/mol. The Hall–Kier alpha value is -3.26. The van der Waals surface area contributed by atoms with Crippen LogP contribution in [-0.4, -0.2) is 23.1 Å². The zero-order valence-electron chi connectivity index (χ0n) is 13.2. The van der Waals surface area contributed by atoms with E-state index >= 15 is 0 Å². The number of nitrogens with one attached hydrogen (secondary N) is 1. The molecule has 0 spiro atoms. The van der Waals surface area contributed by atoms with E-state index in [4.69, 9.17) is 16.9 Å². The van der Waals surface area contributed by atoms with Gasteiger partial charge in [0.15, 0.2) is 0 Å². The van der Waals surface area contributed by atoms with E-state index in [-0.39, 0.29) is 6.61 Å². The van der Waals surface area contributed by atoms with Crippen LogP contribution in [-0.2, 0) is 6.42 Å². The Bertz CT molecular complexity index is 886. The highest BCUT2D eigenvalue weighted by molar-refractivity contribution is 5.78. The van der Waals surface area contributed by atoms with Crippen LogP contribution in [0.5, 0.6) is 5.75 Å². The summed E-state index contributed by atoms with van der Waals surface area (Å²) in [6.45, 7) is 0.923. The lowest BCUT2D eigenvalue weighted by atomic mass is 10.1.